The zero-order valence-corrected chi connectivity index (χ0v) is 10.9. The molecule has 0 aliphatic carbocycles. The van der Waals surface area contributed by atoms with Gasteiger partial charge in [0.2, 0.25) is 5.91 Å². The van der Waals surface area contributed by atoms with Gasteiger partial charge in [0.25, 0.3) is 0 Å². The van der Waals surface area contributed by atoms with Crippen molar-refractivity contribution in [3.05, 3.63) is 59.4 Å². The maximum Gasteiger partial charge on any atom is 0.228 e. The van der Waals surface area contributed by atoms with E-state index in [0.717, 1.165) is 22.4 Å². The summed E-state index contributed by atoms with van der Waals surface area (Å²) in [6.45, 7) is 2.45. The fourth-order valence-electron chi connectivity index (χ4n) is 1.77. The maximum atomic E-state index is 11.9. The van der Waals surface area contributed by atoms with E-state index in [4.69, 9.17) is 5.73 Å². The van der Waals surface area contributed by atoms with Gasteiger partial charge in [-0.25, -0.2) is 0 Å². The molecule has 1 amide bonds. The molecular weight excluding hydrogens is 238 g/mol. The number of aromatic nitrogens is 1. The van der Waals surface area contributed by atoms with Gasteiger partial charge in [-0.05, 0) is 29.7 Å². The van der Waals surface area contributed by atoms with Crippen LogP contribution >= 0.6 is 0 Å². The minimum Gasteiger partial charge on any atom is -0.326 e. The van der Waals surface area contributed by atoms with Crippen LogP contribution in [0.3, 0.4) is 0 Å². The maximum absolute atomic E-state index is 11.9. The fraction of sp³-hybridized carbons (Fsp3) is 0.200. The highest BCUT2D eigenvalue weighted by Crippen LogP contribution is 2.12. The number of anilines is 1. The molecule has 0 unspecified atom stereocenters. The molecule has 2 aromatic rings. The lowest BCUT2D eigenvalue weighted by atomic mass is 10.1. The average Bonchev–Trinajstić information content (AvgIpc) is 2.42. The van der Waals surface area contributed by atoms with Crippen molar-refractivity contribution in [2.24, 2.45) is 5.73 Å². The number of aryl methyl sites for hydroxylation is 1. The Balaban J connectivity index is 1.99. The molecule has 0 fully saturated rings. The molecule has 0 bridgehead atoms. The first-order valence-electron chi connectivity index (χ1n) is 6.17. The van der Waals surface area contributed by atoms with Crippen LogP contribution in [0.2, 0.25) is 0 Å². The standard InChI is InChI=1S/C15H17N3O/c1-11-6-7-17-10-14(11)18-15(19)8-12-2-4-13(9-16)5-3-12/h2-7,10H,8-9,16H2,1H3,(H,18,19). The molecule has 0 aliphatic heterocycles. The second-order valence-corrected chi connectivity index (χ2v) is 4.44. The number of carbonyl (C=O) groups excluding carboxylic acids is 1. The summed E-state index contributed by atoms with van der Waals surface area (Å²) in [5.41, 5.74) is 9.32. The zero-order valence-electron chi connectivity index (χ0n) is 10.9. The highest BCUT2D eigenvalue weighted by Gasteiger charge is 2.06. The summed E-state index contributed by atoms with van der Waals surface area (Å²) in [7, 11) is 0. The first-order valence-corrected chi connectivity index (χ1v) is 6.17. The van der Waals surface area contributed by atoms with Crippen molar-refractivity contribution in [3.63, 3.8) is 0 Å². The van der Waals surface area contributed by atoms with Gasteiger partial charge in [-0.3, -0.25) is 9.78 Å². The van der Waals surface area contributed by atoms with E-state index >= 15 is 0 Å². The summed E-state index contributed by atoms with van der Waals surface area (Å²) < 4.78 is 0. The topological polar surface area (TPSA) is 68.0 Å². The number of carbonyl (C=O) groups is 1. The summed E-state index contributed by atoms with van der Waals surface area (Å²) in [6, 6.07) is 9.61. The molecule has 4 nitrogen and oxygen atoms in total. The van der Waals surface area contributed by atoms with Crippen LogP contribution in [0, 0.1) is 6.92 Å². The van der Waals surface area contributed by atoms with Crippen LogP contribution in [0.15, 0.2) is 42.7 Å². The van der Waals surface area contributed by atoms with Crippen LogP contribution in [-0.2, 0) is 17.8 Å². The van der Waals surface area contributed by atoms with Crippen LogP contribution in [-0.4, -0.2) is 10.9 Å². The molecule has 1 heterocycles. The van der Waals surface area contributed by atoms with Gasteiger partial charge >= 0.3 is 0 Å². The number of nitrogens with one attached hydrogen (secondary N) is 1. The van der Waals surface area contributed by atoms with Crippen LogP contribution in [0.4, 0.5) is 5.69 Å². The SMILES string of the molecule is Cc1ccncc1NC(=O)Cc1ccc(CN)cc1. The highest BCUT2D eigenvalue weighted by molar-refractivity contribution is 5.92. The Kier molecular flexibility index (Phi) is 4.26. The highest BCUT2D eigenvalue weighted by atomic mass is 16.1. The lowest BCUT2D eigenvalue weighted by Crippen LogP contribution is -2.15. The van der Waals surface area contributed by atoms with Crippen molar-refractivity contribution in [3.8, 4) is 0 Å². The summed E-state index contributed by atoms with van der Waals surface area (Å²) in [4.78, 5) is 15.9. The van der Waals surface area contributed by atoms with Gasteiger partial charge in [0, 0.05) is 12.7 Å². The van der Waals surface area contributed by atoms with Gasteiger partial charge in [-0.1, -0.05) is 24.3 Å². The lowest BCUT2D eigenvalue weighted by Gasteiger charge is -2.07. The number of nitrogens with zero attached hydrogens (tertiary/aromatic N) is 1. The van der Waals surface area contributed by atoms with Crippen molar-refractivity contribution in [2.75, 3.05) is 5.32 Å². The Bertz CT molecular complexity index is 564. The Labute approximate surface area is 112 Å². The van der Waals surface area contributed by atoms with Crippen LogP contribution < -0.4 is 11.1 Å². The molecule has 0 saturated heterocycles. The monoisotopic (exact) mass is 255 g/mol. The summed E-state index contributed by atoms with van der Waals surface area (Å²) >= 11 is 0. The van der Waals surface area contributed by atoms with E-state index in [-0.39, 0.29) is 5.91 Å². The minimum atomic E-state index is -0.0448. The molecule has 0 spiro atoms. The van der Waals surface area contributed by atoms with Crippen molar-refractivity contribution in [1.82, 2.24) is 4.98 Å². The van der Waals surface area contributed by atoms with Crippen molar-refractivity contribution < 1.29 is 4.79 Å². The van der Waals surface area contributed by atoms with E-state index in [1.54, 1.807) is 12.4 Å². The zero-order chi connectivity index (χ0) is 13.7. The Morgan fingerprint density at radius 1 is 1.21 bits per heavy atom. The number of hydrogen-bond acceptors (Lipinski definition) is 3. The molecular formula is C15H17N3O. The first-order chi connectivity index (χ1) is 9.19. The van der Waals surface area contributed by atoms with E-state index in [1.165, 1.54) is 0 Å². The van der Waals surface area contributed by atoms with Gasteiger partial charge in [0.15, 0.2) is 0 Å². The minimum absolute atomic E-state index is 0.0448. The van der Waals surface area contributed by atoms with Gasteiger partial charge in [0.1, 0.15) is 0 Å². The van der Waals surface area contributed by atoms with E-state index in [2.05, 4.69) is 10.3 Å². The second kappa shape index (κ2) is 6.11. The quantitative estimate of drug-likeness (QED) is 0.878. The molecule has 2 rings (SSSR count). The van der Waals surface area contributed by atoms with Gasteiger partial charge < -0.3 is 11.1 Å². The normalized spacial score (nSPS) is 10.2. The molecule has 3 N–H and O–H groups in total. The Hall–Kier alpha value is -2.20. The third kappa shape index (κ3) is 3.63. The Morgan fingerprint density at radius 2 is 1.89 bits per heavy atom. The largest absolute Gasteiger partial charge is 0.326 e. The fourth-order valence-corrected chi connectivity index (χ4v) is 1.77. The van der Waals surface area contributed by atoms with Crippen molar-refractivity contribution >= 4 is 11.6 Å². The number of pyridine rings is 1. The number of rotatable bonds is 4. The van der Waals surface area contributed by atoms with Crippen molar-refractivity contribution in [2.45, 2.75) is 19.9 Å². The number of benzene rings is 1. The van der Waals surface area contributed by atoms with Crippen LogP contribution in [0.5, 0.6) is 0 Å². The number of hydrogen-bond donors (Lipinski definition) is 2. The van der Waals surface area contributed by atoms with E-state index in [9.17, 15) is 4.79 Å². The number of amides is 1. The molecule has 1 aromatic heterocycles. The Morgan fingerprint density at radius 3 is 2.53 bits per heavy atom. The number of nitrogens with two attached hydrogens (primary N) is 1. The van der Waals surface area contributed by atoms with Gasteiger partial charge in [-0.15, -0.1) is 0 Å². The molecule has 1 aromatic carbocycles. The third-order valence-corrected chi connectivity index (χ3v) is 2.94. The third-order valence-electron chi connectivity index (χ3n) is 2.94. The van der Waals surface area contributed by atoms with Crippen LogP contribution in [0.1, 0.15) is 16.7 Å². The average molecular weight is 255 g/mol. The smallest absolute Gasteiger partial charge is 0.228 e. The van der Waals surface area contributed by atoms with E-state index in [1.807, 2.05) is 37.3 Å². The van der Waals surface area contributed by atoms with E-state index < -0.39 is 0 Å². The van der Waals surface area contributed by atoms with Crippen LogP contribution in [0.25, 0.3) is 0 Å². The summed E-state index contributed by atoms with van der Waals surface area (Å²) in [5, 5.41) is 2.86. The summed E-state index contributed by atoms with van der Waals surface area (Å²) in [5.74, 6) is -0.0448. The molecule has 0 saturated carbocycles. The summed E-state index contributed by atoms with van der Waals surface area (Å²) in [6.07, 6.45) is 3.71. The van der Waals surface area contributed by atoms with Crippen molar-refractivity contribution in [1.29, 1.82) is 0 Å². The predicted molar refractivity (Wildman–Crippen MR) is 75.6 cm³/mol. The van der Waals surface area contributed by atoms with Gasteiger partial charge in [-0.2, -0.15) is 0 Å². The molecule has 4 heteroatoms. The molecule has 0 aliphatic rings. The van der Waals surface area contributed by atoms with E-state index in [0.29, 0.717) is 13.0 Å². The van der Waals surface area contributed by atoms with Gasteiger partial charge in [0.05, 0.1) is 18.3 Å². The molecule has 0 radical (unpaired) electrons. The molecule has 98 valence electrons. The lowest BCUT2D eigenvalue weighted by molar-refractivity contribution is -0.115. The predicted octanol–water partition coefficient (Wildman–Crippen LogP) is 2.03. The molecule has 0 atom stereocenters. The molecule has 19 heavy (non-hydrogen) atoms. The first kappa shape index (κ1) is 13.2. The second-order valence-electron chi connectivity index (χ2n) is 4.44.